The van der Waals surface area contributed by atoms with Crippen LogP contribution in [0.3, 0.4) is 0 Å². The first-order valence-electron chi connectivity index (χ1n) is 18.8. The maximum Gasteiger partial charge on any atom is 0.0541 e. The maximum atomic E-state index is 2.53. The first kappa shape index (κ1) is 30.3. The predicted molar refractivity (Wildman–Crippen MR) is 224 cm³/mol. The molecule has 0 bridgehead atoms. The lowest BCUT2D eigenvalue weighted by Gasteiger charge is -2.29. The number of rotatable bonds is 4. The molecule has 0 saturated heterocycles. The van der Waals surface area contributed by atoms with Crippen molar-refractivity contribution in [2.24, 2.45) is 5.92 Å². The van der Waals surface area contributed by atoms with E-state index >= 15 is 0 Å². The van der Waals surface area contributed by atoms with Crippen LogP contribution in [0.1, 0.15) is 30.9 Å². The summed E-state index contributed by atoms with van der Waals surface area (Å²) >= 11 is 0. The fourth-order valence-corrected chi connectivity index (χ4v) is 9.71. The maximum absolute atomic E-state index is 2.53. The van der Waals surface area contributed by atoms with Gasteiger partial charge in [0.1, 0.15) is 0 Å². The van der Waals surface area contributed by atoms with E-state index in [1.54, 1.807) is 0 Å². The first-order chi connectivity index (χ1) is 26.1. The van der Waals surface area contributed by atoms with Crippen LogP contribution in [0.5, 0.6) is 0 Å². The minimum Gasteiger partial charge on any atom is -0.309 e. The van der Waals surface area contributed by atoms with Crippen molar-refractivity contribution < 1.29 is 0 Å². The lowest BCUT2D eigenvalue weighted by atomic mass is 9.74. The Balaban J connectivity index is 1.08. The van der Waals surface area contributed by atoms with Crippen molar-refractivity contribution >= 4 is 43.6 Å². The van der Waals surface area contributed by atoms with Gasteiger partial charge in [-0.15, -0.1) is 0 Å². The minimum absolute atomic E-state index is 0.0651. The van der Waals surface area contributed by atoms with E-state index in [0.717, 1.165) is 0 Å². The number of benzene rings is 7. The lowest BCUT2D eigenvalue weighted by Crippen LogP contribution is -2.24. The molecule has 11 rings (SSSR count). The standard InChI is InChI=1S/C51H38N2/c1-51(2)43-21-9-6-20-40(43)50-44(51)22-13-25-49(50)53-46-24-11-8-19-39(46)42-32-36(27-29-48(42)53)35-26-28-47-41(31-35)38-18-7-10-23-45(38)52(47)37-17-12-16-34(30-37)33-14-4-3-5-15-33/h3-32,40,43H,1-2H3. The average Bonchev–Trinajstić information content (AvgIpc) is 3.81. The van der Waals surface area contributed by atoms with Crippen LogP contribution in [0.2, 0.25) is 0 Å². The monoisotopic (exact) mass is 678 g/mol. The van der Waals surface area contributed by atoms with Crippen molar-refractivity contribution in [3.05, 3.63) is 193 Å². The Bertz CT molecular complexity index is 2980. The molecule has 2 heteroatoms. The van der Waals surface area contributed by atoms with Crippen molar-refractivity contribution in [3.8, 4) is 33.6 Å². The number of para-hydroxylation sites is 2. The van der Waals surface area contributed by atoms with Gasteiger partial charge < -0.3 is 9.13 Å². The molecule has 2 nitrogen and oxygen atoms in total. The first-order valence-corrected chi connectivity index (χ1v) is 18.8. The number of aromatic nitrogens is 2. The van der Waals surface area contributed by atoms with Crippen LogP contribution in [0.25, 0.3) is 77.2 Å². The van der Waals surface area contributed by atoms with Crippen LogP contribution in [0.4, 0.5) is 0 Å². The van der Waals surface area contributed by atoms with E-state index in [0.29, 0.717) is 11.8 Å². The summed E-state index contributed by atoms with van der Waals surface area (Å²) in [4.78, 5) is 0. The molecule has 53 heavy (non-hydrogen) atoms. The molecule has 2 aliphatic carbocycles. The summed E-state index contributed by atoms with van der Waals surface area (Å²) in [5.41, 5.74) is 15.3. The van der Waals surface area contributed by atoms with Gasteiger partial charge in [-0.05, 0) is 99.3 Å². The van der Waals surface area contributed by atoms with Crippen molar-refractivity contribution in [1.82, 2.24) is 9.13 Å². The highest BCUT2D eigenvalue weighted by molar-refractivity contribution is 6.12. The van der Waals surface area contributed by atoms with E-state index in [2.05, 4.69) is 205 Å². The van der Waals surface area contributed by atoms with Crippen LogP contribution in [-0.4, -0.2) is 9.13 Å². The predicted octanol–water partition coefficient (Wildman–Crippen LogP) is 13.3. The summed E-state index contributed by atoms with van der Waals surface area (Å²) in [5.74, 6) is 0.823. The van der Waals surface area contributed by atoms with Gasteiger partial charge >= 0.3 is 0 Å². The lowest BCUT2D eigenvalue weighted by molar-refractivity contribution is 0.394. The molecule has 0 amide bonds. The number of hydrogen-bond donors (Lipinski definition) is 0. The smallest absolute Gasteiger partial charge is 0.0541 e. The van der Waals surface area contributed by atoms with Crippen molar-refractivity contribution in [2.45, 2.75) is 25.2 Å². The quantitative estimate of drug-likeness (QED) is 0.175. The normalized spacial score (nSPS) is 17.2. The second-order valence-corrected chi connectivity index (χ2v) is 15.4. The SMILES string of the molecule is CC1(C)c2cccc(-n3c4ccccc4c4cc(-c5ccc6c(c5)c5ccccc5n6-c5cccc(-c6ccccc6)c5)ccc43)c2C2C=CC=CC21. The second kappa shape index (κ2) is 11.3. The Morgan fingerprint density at radius 1 is 0.434 bits per heavy atom. The average molecular weight is 679 g/mol. The van der Waals surface area contributed by atoms with Gasteiger partial charge in [0.2, 0.25) is 0 Å². The fraction of sp³-hybridized carbons (Fsp3) is 0.0980. The van der Waals surface area contributed by atoms with Crippen LogP contribution < -0.4 is 0 Å². The molecule has 0 aliphatic heterocycles. The van der Waals surface area contributed by atoms with Gasteiger partial charge in [0.25, 0.3) is 0 Å². The molecule has 0 saturated carbocycles. The molecule has 2 atom stereocenters. The van der Waals surface area contributed by atoms with E-state index < -0.39 is 0 Å². The largest absolute Gasteiger partial charge is 0.309 e. The Labute approximate surface area is 309 Å². The molecule has 252 valence electrons. The summed E-state index contributed by atoms with van der Waals surface area (Å²) in [5, 5.41) is 5.09. The molecule has 2 unspecified atom stereocenters. The third kappa shape index (κ3) is 4.39. The zero-order valence-corrected chi connectivity index (χ0v) is 29.9. The molecule has 2 aromatic heterocycles. The third-order valence-corrected chi connectivity index (χ3v) is 12.2. The Morgan fingerprint density at radius 3 is 1.74 bits per heavy atom. The summed E-state index contributed by atoms with van der Waals surface area (Å²) < 4.78 is 4.94. The Morgan fingerprint density at radius 2 is 1.00 bits per heavy atom. The van der Waals surface area contributed by atoms with Crippen LogP contribution in [0, 0.1) is 5.92 Å². The van der Waals surface area contributed by atoms with Gasteiger partial charge in [0, 0.05) is 33.2 Å². The van der Waals surface area contributed by atoms with Gasteiger partial charge in [-0.3, -0.25) is 0 Å². The van der Waals surface area contributed by atoms with Crippen molar-refractivity contribution in [1.29, 1.82) is 0 Å². The van der Waals surface area contributed by atoms with E-state index in [9.17, 15) is 0 Å². The molecular weight excluding hydrogens is 641 g/mol. The highest BCUT2D eigenvalue weighted by Gasteiger charge is 2.45. The number of hydrogen-bond acceptors (Lipinski definition) is 0. The number of fused-ring (bicyclic) bond motifs is 9. The molecule has 2 heterocycles. The van der Waals surface area contributed by atoms with Crippen molar-refractivity contribution in [3.63, 3.8) is 0 Å². The molecule has 2 aliphatic rings. The van der Waals surface area contributed by atoms with E-state index in [-0.39, 0.29) is 5.41 Å². The Kier molecular flexibility index (Phi) is 6.46. The van der Waals surface area contributed by atoms with E-state index in [1.807, 2.05) is 0 Å². The molecule has 0 spiro atoms. The summed E-state index contributed by atoms with van der Waals surface area (Å²) in [6.45, 7) is 4.83. The van der Waals surface area contributed by atoms with Gasteiger partial charge in [0.15, 0.2) is 0 Å². The van der Waals surface area contributed by atoms with E-state index in [1.165, 1.54) is 88.4 Å². The highest BCUT2D eigenvalue weighted by atomic mass is 15.0. The van der Waals surface area contributed by atoms with Crippen LogP contribution >= 0.6 is 0 Å². The third-order valence-electron chi connectivity index (χ3n) is 12.2. The summed E-state index contributed by atoms with van der Waals surface area (Å²) in [7, 11) is 0. The topological polar surface area (TPSA) is 9.86 Å². The van der Waals surface area contributed by atoms with Crippen LogP contribution in [-0.2, 0) is 5.41 Å². The number of allylic oxidation sites excluding steroid dienone is 4. The molecule has 0 fully saturated rings. The van der Waals surface area contributed by atoms with Gasteiger partial charge in [-0.25, -0.2) is 0 Å². The van der Waals surface area contributed by atoms with Gasteiger partial charge in [-0.2, -0.15) is 0 Å². The van der Waals surface area contributed by atoms with Gasteiger partial charge in [-0.1, -0.05) is 141 Å². The fourth-order valence-electron chi connectivity index (χ4n) is 9.71. The van der Waals surface area contributed by atoms with Crippen molar-refractivity contribution in [2.75, 3.05) is 0 Å². The summed E-state index contributed by atoms with van der Waals surface area (Å²) in [6, 6.07) is 58.3. The Hall–Kier alpha value is -6.38. The number of nitrogens with zero attached hydrogens (tertiary/aromatic N) is 2. The molecular formula is C51H38N2. The zero-order valence-electron chi connectivity index (χ0n) is 29.9. The molecule has 0 N–H and O–H groups in total. The zero-order chi connectivity index (χ0) is 35.3. The van der Waals surface area contributed by atoms with E-state index in [4.69, 9.17) is 0 Å². The van der Waals surface area contributed by atoms with Gasteiger partial charge in [0.05, 0.1) is 27.8 Å². The molecule has 7 aromatic carbocycles. The molecule has 0 radical (unpaired) electrons. The minimum atomic E-state index is 0.0651. The highest BCUT2D eigenvalue weighted by Crippen LogP contribution is 2.55. The molecule has 9 aromatic rings. The second-order valence-electron chi connectivity index (χ2n) is 15.4. The van der Waals surface area contributed by atoms with Crippen LogP contribution in [0.15, 0.2) is 182 Å². The summed E-state index contributed by atoms with van der Waals surface area (Å²) in [6.07, 6.45) is 9.30.